The van der Waals surface area contributed by atoms with Gasteiger partial charge < -0.3 is 14.3 Å². The molecule has 0 saturated carbocycles. The molecule has 0 aromatic heterocycles. The highest BCUT2D eigenvalue weighted by molar-refractivity contribution is 5.71. The van der Waals surface area contributed by atoms with E-state index in [0.29, 0.717) is 23.4 Å². The Morgan fingerprint density at radius 2 is 1.73 bits per heavy atom. The Labute approximate surface area is 135 Å². The molecule has 2 unspecified atom stereocenters. The van der Waals surface area contributed by atoms with E-state index in [4.69, 9.17) is 9.84 Å². The number of nitrogens with zero attached hydrogens (tertiary/aromatic N) is 1. The first-order chi connectivity index (χ1) is 10.1. The fraction of sp³-hybridized carbons (Fsp3) is 0.882. The maximum atomic E-state index is 11.9. The second-order valence-electron chi connectivity index (χ2n) is 7.32. The number of esters is 1. The molecule has 0 bridgehead atoms. The summed E-state index contributed by atoms with van der Waals surface area (Å²) < 4.78 is 5.93. The van der Waals surface area contributed by atoms with Crippen molar-refractivity contribution in [3.8, 4) is 0 Å². The normalized spacial score (nSPS) is 14.4. The number of carbonyl (C=O) groups excluding carboxylic acids is 1. The van der Waals surface area contributed by atoms with Crippen molar-refractivity contribution in [3.05, 3.63) is 0 Å². The molecule has 0 aromatic rings. The maximum absolute atomic E-state index is 11.9. The molecule has 130 valence electrons. The fourth-order valence-corrected chi connectivity index (χ4v) is 2.49. The van der Waals surface area contributed by atoms with Gasteiger partial charge in [0.2, 0.25) is 0 Å². The van der Waals surface area contributed by atoms with Gasteiger partial charge in [-0.25, -0.2) is 0 Å². The Morgan fingerprint density at radius 1 is 1.14 bits per heavy atom. The van der Waals surface area contributed by atoms with E-state index in [1.165, 1.54) is 19.3 Å². The minimum absolute atomic E-state index is 0.131. The number of hydrogen-bond donors (Lipinski definition) is 1. The van der Waals surface area contributed by atoms with Crippen LogP contribution >= 0.6 is 0 Å². The van der Waals surface area contributed by atoms with Crippen molar-refractivity contribution in [3.63, 3.8) is 0 Å². The third kappa shape index (κ3) is 12.6. The molecule has 0 aromatic carbocycles. The van der Waals surface area contributed by atoms with E-state index in [1.54, 1.807) is 0 Å². The number of rotatable bonds is 12. The van der Waals surface area contributed by atoms with E-state index in [2.05, 4.69) is 13.8 Å². The molecule has 0 heterocycles. The Balaban J connectivity index is 4.14. The molecule has 5 nitrogen and oxygen atoms in total. The minimum atomic E-state index is -0.931. The molecule has 0 aliphatic rings. The van der Waals surface area contributed by atoms with Crippen LogP contribution in [0.5, 0.6) is 0 Å². The maximum Gasteiger partial charge on any atom is 0.307 e. The van der Waals surface area contributed by atoms with Crippen LogP contribution in [0.25, 0.3) is 0 Å². The zero-order valence-corrected chi connectivity index (χ0v) is 14.9. The number of aliphatic carboxylic acids is 1. The third-order valence-corrected chi connectivity index (χ3v) is 3.58. The summed E-state index contributed by atoms with van der Waals surface area (Å²) >= 11 is 0. The number of carboxylic acids is 1. The van der Waals surface area contributed by atoms with Gasteiger partial charge >= 0.3 is 11.9 Å². The Hall–Kier alpha value is -1.10. The summed E-state index contributed by atoms with van der Waals surface area (Å²) in [6, 6.07) is 0. The Morgan fingerprint density at radius 3 is 2.23 bits per heavy atom. The SMILES string of the molecule is CCCCC(C)CCCC(=O)OC(CC(=O)O)C[N+](C)(C)C. The predicted octanol–water partition coefficient (Wildman–Crippen LogP) is 3.08. The lowest BCUT2D eigenvalue weighted by atomic mass is 9.98. The summed E-state index contributed by atoms with van der Waals surface area (Å²) in [5, 5.41) is 8.93. The number of hydrogen-bond acceptors (Lipinski definition) is 3. The molecule has 0 aliphatic heterocycles. The van der Waals surface area contributed by atoms with Crippen molar-refractivity contribution in [2.24, 2.45) is 5.92 Å². The second-order valence-corrected chi connectivity index (χ2v) is 7.32. The first-order valence-corrected chi connectivity index (χ1v) is 8.35. The lowest BCUT2D eigenvalue weighted by Gasteiger charge is -2.28. The Kier molecular flexibility index (Phi) is 10.1. The van der Waals surface area contributed by atoms with Crippen LogP contribution in [0.3, 0.4) is 0 Å². The standard InChI is InChI=1S/C17H33NO4/c1-6-7-9-14(2)10-8-11-17(21)22-15(12-16(19)20)13-18(3,4)5/h14-15H,6-13H2,1-5H3/p+1. The fourth-order valence-electron chi connectivity index (χ4n) is 2.49. The zero-order chi connectivity index (χ0) is 17.2. The van der Waals surface area contributed by atoms with Gasteiger partial charge in [0.05, 0.1) is 27.6 Å². The quantitative estimate of drug-likeness (QED) is 0.444. The molecular weight excluding hydrogens is 282 g/mol. The van der Waals surface area contributed by atoms with Gasteiger partial charge in [-0.1, -0.05) is 39.5 Å². The van der Waals surface area contributed by atoms with E-state index >= 15 is 0 Å². The average molecular weight is 316 g/mol. The van der Waals surface area contributed by atoms with Crippen molar-refractivity contribution in [2.45, 2.75) is 64.9 Å². The largest absolute Gasteiger partial charge is 0.481 e. The lowest BCUT2D eigenvalue weighted by Crippen LogP contribution is -2.43. The van der Waals surface area contributed by atoms with Crippen molar-refractivity contribution in [2.75, 3.05) is 27.7 Å². The molecule has 0 aliphatic carbocycles. The molecule has 0 amide bonds. The average Bonchev–Trinajstić information content (AvgIpc) is 2.33. The van der Waals surface area contributed by atoms with Crippen LogP contribution in [0, 0.1) is 5.92 Å². The van der Waals surface area contributed by atoms with E-state index in [0.717, 1.165) is 12.8 Å². The Bertz CT molecular complexity index is 336. The molecule has 0 rings (SSSR count). The van der Waals surface area contributed by atoms with Crippen LogP contribution in [-0.2, 0) is 14.3 Å². The number of carbonyl (C=O) groups is 2. The summed E-state index contributed by atoms with van der Waals surface area (Å²) in [7, 11) is 5.87. The number of unbranched alkanes of at least 4 members (excludes halogenated alkanes) is 1. The summed E-state index contributed by atoms with van der Waals surface area (Å²) in [6.45, 7) is 4.90. The van der Waals surface area contributed by atoms with Gasteiger partial charge in [-0.2, -0.15) is 0 Å². The number of carboxylic acid groups (broad SMARTS) is 1. The first-order valence-electron chi connectivity index (χ1n) is 8.35. The molecule has 0 spiro atoms. The van der Waals surface area contributed by atoms with Crippen LogP contribution in [0.15, 0.2) is 0 Å². The summed E-state index contributed by atoms with van der Waals surface area (Å²) in [6.07, 6.45) is 5.17. The third-order valence-electron chi connectivity index (χ3n) is 3.58. The van der Waals surface area contributed by atoms with Crippen LogP contribution in [-0.4, -0.2) is 55.3 Å². The van der Waals surface area contributed by atoms with Gasteiger partial charge in [-0.3, -0.25) is 9.59 Å². The first kappa shape index (κ1) is 20.9. The second kappa shape index (κ2) is 10.6. The van der Waals surface area contributed by atoms with Gasteiger partial charge in [-0.15, -0.1) is 0 Å². The smallest absolute Gasteiger partial charge is 0.307 e. The summed E-state index contributed by atoms with van der Waals surface area (Å²) in [4.78, 5) is 22.8. The number of quaternary nitrogens is 1. The number of ether oxygens (including phenoxy) is 1. The zero-order valence-electron chi connectivity index (χ0n) is 14.9. The molecule has 2 atom stereocenters. The van der Waals surface area contributed by atoms with Crippen LogP contribution in [0.1, 0.15) is 58.8 Å². The highest BCUT2D eigenvalue weighted by Gasteiger charge is 2.24. The summed E-state index contributed by atoms with van der Waals surface area (Å²) in [5.41, 5.74) is 0. The molecule has 22 heavy (non-hydrogen) atoms. The van der Waals surface area contributed by atoms with Crippen LogP contribution < -0.4 is 0 Å². The van der Waals surface area contributed by atoms with Gasteiger partial charge in [0.1, 0.15) is 6.54 Å². The predicted molar refractivity (Wildman–Crippen MR) is 87.6 cm³/mol. The van der Waals surface area contributed by atoms with Crippen molar-refractivity contribution in [1.82, 2.24) is 0 Å². The van der Waals surface area contributed by atoms with Crippen molar-refractivity contribution < 1.29 is 23.9 Å². The molecule has 5 heteroatoms. The molecule has 0 radical (unpaired) electrons. The highest BCUT2D eigenvalue weighted by atomic mass is 16.5. The minimum Gasteiger partial charge on any atom is -0.481 e. The van der Waals surface area contributed by atoms with Crippen LogP contribution in [0.2, 0.25) is 0 Å². The molecule has 0 fully saturated rings. The van der Waals surface area contributed by atoms with E-state index < -0.39 is 12.1 Å². The lowest BCUT2D eigenvalue weighted by molar-refractivity contribution is -0.873. The van der Waals surface area contributed by atoms with Gasteiger partial charge in [0.25, 0.3) is 0 Å². The van der Waals surface area contributed by atoms with E-state index in [-0.39, 0.29) is 12.4 Å². The molecular formula is C17H34NO4+. The highest BCUT2D eigenvalue weighted by Crippen LogP contribution is 2.16. The van der Waals surface area contributed by atoms with Crippen LogP contribution in [0.4, 0.5) is 0 Å². The molecule has 1 N–H and O–H groups in total. The van der Waals surface area contributed by atoms with Gasteiger partial charge in [0.15, 0.2) is 6.10 Å². The van der Waals surface area contributed by atoms with Crippen molar-refractivity contribution >= 4 is 11.9 Å². The molecule has 0 saturated heterocycles. The van der Waals surface area contributed by atoms with Crippen molar-refractivity contribution in [1.29, 1.82) is 0 Å². The van der Waals surface area contributed by atoms with Gasteiger partial charge in [0, 0.05) is 6.42 Å². The topological polar surface area (TPSA) is 63.6 Å². The van der Waals surface area contributed by atoms with E-state index in [1.807, 2.05) is 21.1 Å². The van der Waals surface area contributed by atoms with Gasteiger partial charge in [-0.05, 0) is 12.3 Å². The van der Waals surface area contributed by atoms with E-state index in [9.17, 15) is 9.59 Å². The monoisotopic (exact) mass is 316 g/mol. The number of likely N-dealkylation sites (N-methyl/N-ethyl adjacent to an activating group) is 1. The summed E-state index contributed by atoms with van der Waals surface area (Å²) in [5.74, 6) is -0.573.